The first-order valence-electron chi connectivity index (χ1n) is 8.16. The van der Waals surface area contributed by atoms with Gasteiger partial charge in [0.25, 0.3) is 0 Å². The van der Waals surface area contributed by atoms with Gasteiger partial charge in [-0.05, 0) is 19.3 Å². The predicted molar refractivity (Wildman–Crippen MR) is 86.4 cm³/mol. The van der Waals surface area contributed by atoms with E-state index < -0.39 is 0 Å². The second kappa shape index (κ2) is 7.08. The van der Waals surface area contributed by atoms with E-state index in [9.17, 15) is 4.79 Å². The number of rotatable bonds is 5. The summed E-state index contributed by atoms with van der Waals surface area (Å²) in [5, 5.41) is 2.92. The van der Waals surface area contributed by atoms with Crippen LogP contribution in [-0.4, -0.2) is 61.3 Å². The van der Waals surface area contributed by atoms with Crippen molar-refractivity contribution in [2.24, 2.45) is 5.92 Å². The first kappa shape index (κ1) is 15.9. The third-order valence-electron chi connectivity index (χ3n) is 4.17. The number of hydrogen-bond donors (Lipinski definition) is 1. The first-order valence-corrected chi connectivity index (χ1v) is 8.16. The third-order valence-corrected chi connectivity index (χ3v) is 4.17. The van der Waals surface area contributed by atoms with Crippen molar-refractivity contribution in [2.75, 3.05) is 50.2 Å². The van der Waals surface area contributed by atoms with E-state index in [2.05, 4.69) is 25.2 Å². The van der Waals surface area contributed by atoms with Gasteiger partial charge in [-0.15, -0.1) is 0 Å². The second-order valence-corrected chi connectivity index (χ2v) is 6.22. The number of anilines is 2. The molecule has 0 aromatic carbocycles. The van der Waals surface area contributed by atoms with Crippen molar-refractivity contribution in [1.82, 2.24) is 20.3 Å². The second-order valence-electron chi connectivity index (χ2n) is 6.22. The highest BCUT2D eigenvalue weighted by Gasteiger charge is 2.24. The lowest BCUT2D eigenvalue weighted by Gasteiger charge is -2.19. The van der Waals surface area contributed by atoms with E-state index in [-0.39, 0.29) is 11.8 Å². The van der Waals surface area contributed by atoms with E-state index in [0.717, 1.165) is 32.4 Å². The lowest BCUT2D eigenvalue weighted by atomic mass is 10.1. The van der Waals surface area contributed by atoms with Gasteiger partial charge >= 0.3 is 0 Å². The molecule has 8 nitrogen and oxygen atoms in total. The highest BCUT2D eigenvalue weighted by Crippen LogP contribution is 2.18. The topological polar surface area (TPSA) is 83.5 Å². The molecule has 1 aromatic heterocycles. The van der Waals surface area contributed by atoms with Crippen LogP contribution in [0.4, 0.5) is 11.9 Å². The Morgan fingerprint density at radius 1 is 1.30 bits per heavy atom. The van der Waals surface area contributed by atoms with Crippen LogP contribution in [0.2, 0.25) is 0 Å². The van der Waals surface area contributed by atoms with Gasteiger partial charge in [-0.2, -0.15) is 15.0 Å². The molecule has 1 atom stereocenters. The minimum absolute atomic E-state index is 0.0111. The zero-order chi connectivity index (χ0) is 16.2. The van der Waals surface area contributed by atoms with Crippen molar-refractivity contribution >= 4 is 17.8 Å². The van der Waals surface area contributed by atoms with E-state index in [4.69, 9.17) is 4.74 Å². The van der Waals surface area contributed by atoms with E-state index in [1.165, 1.54) is 0 Å². The summed E-state index contributed by atoms with van der Waals surface area (Å²) >= 11 is 0. The molecule has 126 valence electrons. The number of hydrogen-bond acceptors (Lipinski definition) is 7. The van der Waals surface area contributed by atoms with Gasteiger partial charge in [0.2, 0.25) is 17.8 Å². The van der Waals surface area contributed by atoms with Gasteiger partial charge in [0.15, 0.2) is 5.82 Å². The molecule has 0 bridgehead atoms. The van der Waals surface area contributed by atoms with E-state index >= 15 is 0 Å². The summed E-state index contributed by atoms with van der Waals surface area (Å²) < 4.78 is 5.25. The molecular weight excluding hydrogens is 296 g/mol. The Morgan fingerprint density at radius 3 is 2.74 bits per heavy atom. The summed E-state index contributed by atoms with van der Waals surface area (Å²) in [6, 6.07) is 0. The lowest BCUT2D eigenvalue weighted by Crippen LogP contribution is -2.32. The average Bonchev–Trinajstić information content (AvgIpc) is 3.25. The zero-order valence-electron chi connectivity index (χ0n) is 13.8. The van der Waals surface area contributed by atoms with Crippen molar-refractivity contribution in [3.8, 4) is 0 Å². The SMILES string of the molecule is CN(C)c1nc(CNC(=O)C2CCOC2)nc(N2CCCC2)n1. The number of carbonyl (C=O) groups is 1. The van der Waals surface area contributed by atoms with Crippen molar-refractivity contribution in [2.45, 2.75) is 25.8 Å². The summed E-state index contributed by atoms with van der Waals surface area (Å²) in [6.07, 6.45) is 3.11. The highest BCUT2D eigenvalue weighted by molar-refractivity contribution is 5.78. The molecule has 23 heavy (non-hydrogen) atoms. The van der Waals surface area contributed by atoms with Crippen LogP contribution in [0.3, 0.4) is 0 Å². The summed E-state index contributed by atoms with van der Waals surface area (Å²) in [4.78, 5) is 29.6. The Labute approximate surface area is 136 Å². The van der Waals surface area contributed by atoms with Gasteiger partial charge < -0.3 is 19.9 Å². The average molecular weight is 320 g/mol. The van der Waals surface area contributed by atoms with Gasteiger partial charge in [0, 0.05) is 33.8 Å². The Bertz CT molecular complexity index is 553. The Morgan fingerprint density at radius 2 is 2.09 bits per heavy atom. The normalized spacial score (nSPS) is 20.8. The molecule has 2 aliphatic rings. The van der Waals surface area contributed by atoms with E-state index in [1.54, 1.807) is 0 Å². The molecule has 3 heterocycles. The molecule has 0 saturated carbocycles. The van der Waals surface area contributed by atoms with Gasteiger partial charge in [-0.1, -0.05) is 0 Å². The summed E-state index contributed by atoms with van der Waals surface area (Å²) in [6.45, 7) is 3.43. The minimum atomic E-state index is -0.0526. The van der Waals surface area contributed by atoms with Crippen LogP contribution < -0.4 is 15.1 Å². The van der Waals surface area contributed by atoms with Gasteiger partial charge in [0.1, 0.15) is 0 Å². The van der Waals surface area contributed by atoms with Crippen molar-refractivity contribution < 1.29 is 9.53 Å². The zero-order valence-corrected chi connectivity index (χ0v) is 13.8. The van der Waals surface area contributed by atoms with E-state index in [1.807, 2.05) is 19.0 Å². The molecule has 1 N–H and O–H groups in total. The fraction of sp³-hybridized carbons (Fsp3) is 0.733. The van der Waals surface area contributed by atoms with Crippen LogP contribution in [0, 0.1) is 5.92 Å². The van der Waals surface area contributed by atoms with E-state index in [0.29, 0.717) is 37.5 Å². The summed E-state index contributed by atoms with van der Waals surface area (Å²) in [5.41, 5.74) is 0. The molecule has 2 fully saturated rings. The molecule has 2 aliphatic heterocycles. The Hall–Kier alpha value is -1.96. The molecule has 2 saturated heterocycles. The van der Waals surface area contributed by atoms with Crippen LogP contribution in [-0.2, 0) is 16.1 Å². The van der Waals surface area contributed by atoms with Crippen molar-refractivity contribution in [1.29, 1.82) is 0 Å². The maximum absolute atomic E-state index is 12.1. The highest BCUT2D eigenvalue weighted by atomic mass is 16.5. The molecule has 0 spiro atoms. The Kier molecular flexibility index (Phi) is 4.90. The van der Waals surface area contributed by atoms with Gasteiger partial charge in [-0.3, -0.25) is 4.79 Å². The molecular formula is C15H24N6O2. The van der Waals surface area contributed by atoms with Crippen molar-refractivity contribution in [3.63, 3.8) is 0 Å². The molecule has 0 radical (unpaired) electrons. The number of nitrogens with one attached hydrogen (secondary N) is 1. The molecule has 1 unspecified atom stereocenters. The summed E-state index contributed by atoms with van der Waals surface area (Å²) in [7, 11) is 3.81. The van der Waals surface area contributed by atoms with Crippen LogP contribution >= 0.6 is 0 Å². The number of aromatic nitrogens is 3. The van der Waals surface area contributed by atoms with Crippen LogP contribution in [0.1, 0.15) is 25.1 Å². The first-order chi connectivity index (χ1) is 11.1. The number of amides is 1. The lowest BCUT2D eigenvalue weighted by molar-refractivity contribution is -0.125. The fourth-order valence-electron chi connectivity index (χ4n) is 2.78. The monoisotopic (exact) mass is 320 g/mol. The minimum Gasteiger partial charge on any atom is -0.381 e. The standard InChI is InChI=1S/C15H24N6O2/c1-20(2)14-17-12(9-16-13(22)11-5-8-23-10-11)18-15(19-14)21-6-3-4-7-21/h11H,3-10H2,1-2H3,(H,16,22). The molecule has 1 aromatic rings. The maximum atomic E-state index is 12.1. The number of nitrogens with zero attached hydrogens (tertiary/aromatic N) is 5. The van der Waals surface area contributed by atoms with Gasteiger partial charge in [-0.25, -0.2) is 0 Å². The number of ether oxygens (including phenoxy) is 1. The smallest absolute Gasteiger partial charge is 0.230 e. The van der Waals surface area contributed by atoms with Crippen molar-refractivity contribution in [3.05, 3.63) is 5.82 Å². The quantitative estimate of drug-likeness (QED) is 0.829. The fourth-order valence-corrected chi connectivity index (χ4v) is 2.78. The van der Waals surface area contributed by atoms with Crippen LogP contribution in [0.25, 0.3) is 0 Å². The molecule has 0 aliphatic carbocycles. The van der Waals surface area contributed by atoms with Gasteiger partial charge in [0.05, 0.1) is 19.1 Å². The maximum Gasteiger partial charge on any atom is 0.230 e. The molecule has 3 rings (SSSR count). The predicted octanol–water partition coefficient (Wildman–Crippen LogP) is 0.191. The third kappa shape index (κ3) is 3.87. The van der Waals surface area contributed by atoms with Crippen LogP contribution in [0.5, 0.6) is 0 Å². The molecule has 8 heteroatoms. The largest absolute Gasteiger partial charge is 0.381 e. The number of carbonyl (C=O) groups excluding carboxylic acids is 1. The van der Waals surface area contributed by atoms with Crippen LogP contribution in [0.15, 0.2) is 0 Å². The Balaban J connectivity index is 1.70. The molecule has 1 amide bonds. The summed E-state index contributed by atoms with van der Waals surface area (Å²) in [5.74, 6) is 1.88.